The number of sulfonamides is 1. The predicted octanol–water partition coefficient (Wildman–Crippen LogP) is 0.892. The molecular formula is C12H20BrN5O2S. The molecule has 0 radical (unpaired) electrons. The molecule has 0 amide bonds. The van der Waals surface area contributed by atoms with Gasteiger partial charge in [0.1, 0.15) is 4.90 Å². The molecule has 0 aliphatic carbocycles. The number of hydrogen-bond donors (Lipinski definition) is 3. The molecule has 1 saturated heterocycles. The van der Waals surface area contributed by atoms with Crippen molar-refractivity contribution in [1.29, 1.82) is 0 Å². The van der Waals surface area contributed by atoms with Gasteiger partial charge in [0.05, 0.1) is 0 Å². The second-order valence-corrected chi connectivity index (χ2v) is 7.78. The number of anilines is 1. The van der Waals surface area contributed by atoms with Crippen LogP contribution in [0.2, 0.25) is 0 Å². The fraction of sp³-hybridized carbons (Fsp3) is 0.583. The Kier molecular flexibility index (Phi) is 5.55. The first-order chi connectivity index (χ1) is 9.94. The van der Waals surface area contributed by atoms with Crippen molar-refractivity contribution in [3.05, 3.63) is 16.7 Å². The largest absolute Gasteiger partial charge is 0.307 e. The van der Waals surface area contributed by atoms with Crippen molar-refractivity contribution in [2.45, 2.75) is 30.2 Å². The van der Waals surface area contributed by atoms with Crippen LogP contribution in [0.1, 0.15) is 19.3 Å². The molecule has 1 unspecified atom stereocenters. The maximum Gasteiger partial charge on any atom is 0.244 e. The molecule has 1 aliphatic heterocycles. The van der Waals surface area contributed by atoms with Gasteiger partial charge >= 0.3 is 0 Å². The molecule has 2 heterocycles. The SMILES string of the molecule is CN1CCCCC1CNS(=O)(=O)c1cc(Br)cnc1NN. The summed E-state index contributed by atoms with van der Waals surface area (Å²) in [6.45, 7) is 1.38. The number of nitrogen functional groups attached to an aromatic ring is 1. The summed E-state index contributed by atoms with van der Waals surface area (Å²) in [5, 5.41) is 0. The summed E-state index contributed by atoms with van der Waals surface area (Å²) in [7, 11) is -1.64. The highest BCUT2D eigenvalue weighted by atomic mass is 79.9. The monoisotopic (exact) mass is 377 g/mol. The molecule has 4 N–H and O–H groups in total. The van der Waals surface area contributed by atoms with E-state index in [9.17, 15) is 8.42 Å². The van der Waals surface area contributed by atoms with Crippen LogP contribution in [-0.2, 0) is 10.0 Å². The van der Waals surface area contributed by atoms with E-state index in [2.05, 4.69) is 36.0 Å². The molecule has 7 nitrogen and oxygen atoms in total. The number of likely N-dealkylation sites (tertiary alicyclic amines) is 1. The minimum Gasteiger partial charge on any atom is -0.307 e. The Morgan fingerprint density at radius 1 is 1.52 bits per heavy atom. The van der Waals surface area contributed by atoms with Gasteiger partial charge < -0.3 is 10.3 Å². The second kappa shape index (κ2) is 7.01. The highest BCUT2D eigenvalue weighted by Crippen LogP contribution is 2.22. The van der Waals surface area contributed by atoms with Gasteiger partial charge in [-0.3, -0.25) is 0 Å². The van der Waals surface area contributed by atoms with Gasteiger partial charge in [0, 0.05) is 23.3 Å². The summed E-state index contributed by atoms with van der Waals surface area (Å²) in [6, 6.07) is 1.71. The van der Waals surface area contributed by atoms with Gasteiger partial charge in [0.2, 0.25) is 10.0 Å². The fourth-order valence-corrected chi connectivity index (χ4v) is 4.12. The van der Waals surface area contributed by atoms with Crippen LogP contribution in [0.4, 0.5) is 5.82 Å². The van der Waals surface area contributed by atoms with Crippen LogP contribution in [-0.4, -0.2) is 44.5 Å². The van der Waals surface area contributed by atoms with E-state index in [-0.39, 0.29) is 16.8 Å². The highest BCUT2D eigenvalue weighted by Gasteiger charge is 2.24. The maximum atomic E-state index is 12.4. The van der Waals surface area contributed by atoms with Gasteiger partial charge in [-0.05, 0) is 48.4 Å². The summed E-state index contributed by atoms with van der Waals surface area (Å²) < 4.78 is 28.1. The maximum absolute atomic E-state index is 12.4. The van der Waals surface area contributed by atoms with Gasteiger partial charge in [-0.25, -0.2) is 24.0 Å². The first-order valence-electron chi connectivity index (χ1n) is 6.76. The Labute approximate surface area is 133 Å². The number of halogens is 1. The van der Waals surface area contributed by atoms with E-state index >= 15 is 0 Å². The summed E-state index contributed by atoms with van der Waals surface area (Å²) in [5.41, 5.74) is 2.31. The molecule has 1 atom stereocenters. The van der Waals surface area contributed by atoms with Crippen LogP contribution in [0.5, 0.6) is 0 Å². The van der Waals surface area contributed by atoms with Gasteiger partial charge in [-0.2, -0.15) is 0 Å². The summed E-state index contributed by atoms with van der Waals surface area (Å²) in [4.78, 5) is 6.19. The highest BCUT2D eigenvalue weighted by molar-refractivity contribution is 9.10. The van der Waals surface area contributed by atoms with E-state index in [0.717, 1.165) is 25.8 Å². The van der Waals surface area contributed by atoms with E-state index < -0.39 is 10.0 Å². The van der Waals surface area contributed by atoms with E-state index in [4.69, 9.17) is 5.84 Å². The zero-order valence-electron chi connectivity index (χ0n) is 11.8. The minimum absolute atomic E-state index is 0.0397. The molecule has 1 aliphatic rings. The van der Waals surface area contributed by atoms with Crippen LogP contribution >= 0.6 is 15.9 Å². The number of rotatable bonds is 5. The number of hydrogen-bond acceptors (Lipinski definition) is 6. The van der Waals surface area contributed by atoms with Crippen LogP contribution in [0.15, 0.2) is 21.6 Å². The van der Waals surface area contributed by atoms with Crippen LogP contribution in [0, 0.1) is 0 Å². The van der Waals surface area contributed by atoms with E-state index in [1.165, 1.54) is 12.3 Å². The van der Waals surface area contributed by atoms with Crippen molar-refractivity contribution in [2.24, 2.45) is 5.84 Å². The lowest BCUT2D eigenvalue weighted by molar-refractivity contribution is 0.187. The summed E-state index contributed by atoms with van der Waals surface area (Å²) in [5.74, 6) is 5.46. The molecule has 118 valence electrons. The molecule has 0 aromatic carbocycles. The Morgan fingerprint density at radius 2 is 2.29 bits per heavy atom. The lowest BCUT2D eigenvalue weighted by Crippen LogP contribution is -2.44. The van der Waals surface area contributed by atoms with Gasteiger partial charge in [-0.1, -0.05) is 6.42 Å². The van der Waals surface area contributed by atoms with E-state index in [0.29, 0.717) is 11.0 Å². The van der Waals surface area contributed by atoms with Crippen molar-refractivity contribution in [3.63, 3.8) is 0 Å². The molecule has 1 aromatic heterocycles. The minimum atomic E-state index is -3.66. The Bertz CT molecular complexity index is 595. The number of pyridine rings is 1. The molecule has 1 fully saturated rings. The van der Waals surface area contributed by atoms with E-state index in [1.807, 2.05) is 7.05 Å². The molecule has 0 bridgehead atoms. The van der Waals surface area contributed by atoms with Crippen molar-refractivity contribution in [3.8, 4) is 0 Å². The Hall–Kier alpha value is -0.740. The second-order valence-electron chi connectivity index (χ2n) is 5.13. The molecule has 21 heavy (non-hydrogen) atoms. The Balaban J connectivity index is 2.13. The number of likely N-dealkylation sites (N-methyl/N-ethyl adjacent to an activating group) is 1. The number of nitrogens with two attached hydrogens (primary N) is 1. The van der Waals surface area contributed by atoms with Gasteiger partial charge in [0.25, 0.3) is 0 Å². The lowest BCUT2D eigenvalue weighted by atomic mass is 10.0. The standard InChI is InChI=1S/C12H20BrN5O2S/c1-18-5-3-2-4-10(18)8-16-21(19,20)11-6-9(13)7-15-12(11)17-14/h6-7,10,16H,2-5,8,14H2,1H3,(H,15,17). The van der Waals surface area contributed by atoms with Crippen LogP contribution in [0.3, 0.4) is 0 Å². The van der Waals surface area contributed by atoms with E-state index in [1.54, 1.807) is 0 Å². The predicted molar refractivity (Wildman–Crippen MR) is 85.2 cm³/mol. The molecule has 0 saturated carbocycles. The summed E-state index contributed by atoms with van der Waals surface area (Å²) >= 11 is 3.22. The lowest BCUT2D eigenvalue weighted by Gasteiger charge is -2.32. The average molecular weight is 378 g/mol. The zero-order valence-corrected chi connectivity index (χ0v) is 14.2. The smallest absolute Gasteiger partial charge is 0.244 e. The third kappa shape index (κ3) is 4.13. The quantitative estimate of drug-likeness (QED) is 0.520. The third-order valence-corrected chi connectivity index (χ3v) is 5.55. The summed E-state index contributed by atoms with van der Waals surface area (Å²) in [6.07, 6.45) is 4.78. The van der Waals surface area contributed by atoms with Crippen molar-refractivity contribution in [2.75, 3.05) is 25.6 Å². The van der Waals surface area contributed by atoms with Crippen LogP contribution < -0.4 is 16.0 Å². The molecule has 0 spiro atoms. The van der Waals surface area contributed by atoms with Gasteiger partial charge in [-0.15, -0.1) is 0 Å². The fourth-order valence-electron chi connectivity index (χ4n) is 2.42. The number of aromatic nitrogens is 1. The number of nitrogens with one attached hydrogen (secondary N) is 2. The molecular weight excluding hydrogens is 358 g/mol. The normalized spacial score (nSPS) is 20.4. The number of hydrazine groups is 1. The number of nitrogens with zero attached hydrogens (tertiary/aromatic N) is 2. The molecule has 1 aromatic rings. The van der Waals surface area contributed by atoms with Gasteiger partial charge in [0.15, 0.2) is 5.82 Å². The first kappa shape index (κ1) is 16.6. The molecule has 2 rings (SSSR count). The first-order valence-corrected chi connectivity index (χ1v) is 9.03. The van der Waals surface area contributed by atoms with Crippen molar-refractivity contribution >= 4 is 31.8 Å². The average Bonchev–Trinajstić information content (AvgIpc) is 2.46. The molecule has 9 heteroatoms. The number of piperidine rings is 1. The van der Waals surface area contributed by atoms with Crippen molar-refractivity contribution < 1.29 is 8.42 Å². The van der Waals surface area contributed by atoms with Crippen molar-refractivity contribution in [1.82, 2.24) is 14.6 Å². The zero-order chi connectivity index (χ0) is 15.5. The van der Waals surface area contributed by atoms with Crippen LogP contribution in [0.25, 0.3) is 0 Å². The third-order valence-electron chi connectivity index (χ3n) is 3.68. The topological polar surface area (TPSA) is 100 Å². The Morgan fingerprint density at radius 3 is 2.95 bits per heavy atom.